The van der Waals surface area contributed by atoms with Gasteiger partial charge in [0.2, 0.25) is 0 Å². The maximum atomic E-state index is 12.6. The molecule has 3 heterocycles. The van der Waals surface area contributed by atoms with Crippen LogP contribution in [0.15, 0.2) is 17.2 Å². The second kappa shape index (κ2) is 4.47. The van der Waals surface area contributed by atoms with E-state index in [0.717, 1.165) is 36.2 Å². The van der Waals surface area contributed by atoms with Crippen LogP contribution in [0.25, 0.3) is 10.8 Å². The molecule has 2 aromatic heterocycles. The van der Waals surface area contributed by atoms with Crippen LogP contribution in [-0.4, -0.2) is 14.3 Å². The molecule has 4 heteroatoms. The third kappa shape index (κ3) is 1.81. The molecule has 2 aliphatic rings. The lowest BCUT2D eigenvalue weighted by molar-refractivity contribution is 0.179. The number of hydrogen-bond acceptors (Lipinski definition) is 2. The molecular formula is C16H21N3O. The first-order valence-corrected chi connectivity index (χ1v) is 7.80. The van der Waals surface area contributed by atoms with Crippen molar-refractivity contribution in [3.63, 3.8) is 0 Å². The highest BCUT2D eigenvalue weighted by molar-refractivity contribution is 5.84. The van der Waals surface area contributed by atoms with Gasteiger partial charge in [-0.3, -0.25) is 4.79 Å². The molecule has 0 amide bonds. The van der Waals surface area contributed by atoms with Gasteiger partial charge >= 0.3 is 0 Å². The van der Waals surface area contributed by atoms with E-state index in [4.69, 9.17) is 0 Å². The van der Waals surface area contributed by atoms with Gasteiger partial charge in [-0.2, -0.15) is 5.10 Å². The Hall–Kier alpha value is -1.58. The SMILES string of the molecule is CC1CC(Cn2ncc3c4n(cc3c2=O)CCCC4)C1. The van der Waals surface area contributed by atoms with Gasteiger partial charge in [0, 0.05) is 30.4 Å². The minimum Gasteiger partial charge on any atom is -0.350 e. The minimum atomic E-state index is 0.101. The first-order chi connectivity index (χ1) is 9.72. The number of hydrogen-bond donors (Lipinski definition) is 0. The van der Waals surface area contributed by atoms with E-state index in [0.29, 0.717) is 5.92 Å². The normalized spacial score (nSPS) is 25.4. The molecule has 4 rings (SSSR count). The van der Waals surface area contributed by atoms with E-state index >= 15 is 0 Å². The van der Waals surface area contributed by atoms with Gasteiger partial charge < -0.3 is 4.57 Å². The van der Waals surface area contributed by atoms with Crippen LogP contribution in [0.3, 0.4) is 0 Å². The number of aryl methyl sites for hydroxylation is 2. The van der Waals surface area contributed by atoms with Gasteiger partial charge in [0.25, 0.3) is 5.56 Å². The highest BCUT2D eigenvalue weighted by atomic mass is 16.1. The summed E-state index contributed by atoms with van der Waals surface area (Å²) in [7, 11) is 0. The molecule has 2 aromatic rings. The number of aromatic nitrogens is 3. The van der Waals surface area contributed by atoms with E-state index < -0.39 is 0 Å². The van der Waals surface area contributed by atoms with Crippen LogP contribution in [0.2, 0.25) is 0 Å². The lowest BCUT2D eigenvalue weighted by atomic mass is 9.76. The molecule has 0 spiro atoms. The maximum Gasteiger partial charge on any atom is 0.276 e. The number of nitrogens with zero attached hydrogens (tertiary/aromatic N) is 3. The van der Waals surface area contributed by atoms with E-state index in [2.05, 4.69) is 16.6 Å². The average Bonchev–Trinajstić information content (AvgIpc) is 2.79. The topological polar surface area (TPSA) is 39.8 Å². The average molecular weight is 271 g/mol. The van der Waals surface area contributed by atoms with E-state index in [1.807, 2.05) is 12.4 Å². The summed E-state index contributed by atoms with van der Waals surface area (Å²) >= 11 is 0. The van der Waals surface area contributed by atoms with Gasteiger partial charge in [0.15, 0.2) is 0 Å². The van der Waals surface area contributed by atoms with Gasteiger partial charge in [-0.25, -0.2) is 4.68 Å². The summed E-state index contributed by atoms with van der Waals surface area (Å²) in [6.07, 6.45) is 9.95. The summed E-state index contributed by atoms with van der Waals surface area (Å²) in [5.41, 5.74) is 1.41. The van der Waals surface area contributed by atoms with Crippen molar-refractivity contribution in [2.45, 2.75) is 52.1 Å². The molecule has 1 saturated carbocycles. The Balaban J connectivity index is 1.73. The highest BCUT2D eigenvalue weighted by Crippen LogP contribution is 2.33. The lowest BCUT2D eigenvalue weighted by Crippen LogP contribution is -2.31. The molecule has 20 heavy (non-hydrogen) atoms. The van der Waals surface area contributed by atoms with Crippen molar-refractivity contribution in [2.75, 3.05) is 0 Å². The van der Waals surface area contributed by atoms with Gasteiger partial charge in [-0.15, -0.1) is 0 Å². The van der Waals surface area contributed by atoms with Crippen molar-refractivity contribution in [1.82, 2.24) is 14.3 Å². The fraction of sp³-hybridized carbons (Fsp3) is 0.625. The maximum absolute atomic E-state index is 12.6. The monoisotopic (exact) mass is 271 g/mol. The second-order valence-electron chi connectivity index (χ2n) is 6.63. The van der Waals surface area contributed by atoms with E-state index in [9.17, 15) is 4.79 Å². The third-order valence-electron chi connectivity index (χ3n) is 4.99. The van der Waals surface area contributed by atoms with Gasteiger partial charge in [-0.05, 0) is 43.9 Å². The summed E-state index contributed by atoms with van der Waals surface area (Å²) in [5, 5.41) is 6.37. The summed E-state index contributed by atoms with van der Waals surface area (Å²) in [6.45, 7) is 4.11. The van der Waals surface area contributed by atoms with Crippen molar-refractivity contribution < 1.29 is 0 Å². The summed E-state index contributed by atoms with van der Waals surface area (Å²) in [4.78, 5) is 12.6. The van der Waals surface area contributed by atoms with Crippen LogP contribution in [0, 0.1) is 11.8 Å². The van der Waals surface area contributed by atoms with Crippen molar-refractivity contribution >= 4 is 10.8 Å². The summed E-state index contributed by atoms with van der Waals surface area (Å²) < 4.78 is 3.94. The Morgan fingerprint density at radius 1 is 1.30 bits per heavy atom. The van der Waals surface area contributed by atoms with E-state index in [1.54, 1.807) is 4.68 Å². The Morgan fingerprint density at radius 2 is 2.15 bits per heavy atom. The fourth-order valence-corrected chi connectivity index (χ4v) is 3.89. The van der Waals surface area contributed by atoms with Crippen molar-refractivity contribution in [3.05, 3.63) is 28.4 Å². The van der Waals surface area contributed by atoms with E-state index in [1.165, 1.54) is 31.4 Å². The zero-order chi connectivity index (χ0) is 13.7. The van der Waals surface area contributed by atoms with Crippen LogP contribution in [-0.2, 0) is 19.5 Å². The predicted octanol–water partition coefficient (Wildman–Crippen LogP) is 2.58. The molecule has 0 bridgehead atoms. The Kier molecular flexibility index (Phi) is 2.72. The highest BCUT2D eigenvalue weighted by Gasteiger charge is 2.26. The molecule has 1 aliphatic heterocycles. The van der Waals surface area contributed by atoms with Crippen molar-refractivity contribution in [3.8, 4) is 0 Å². The molecule has 0 N–H and O–H groups in total. The number of rotatable bonds is 2. The van der Waals surface area contributed by atoms with Gasteiger partial charge in [0.1, 0.15) is 0 Å². The predicted molar refractivity (Wildman–Crippen MR) is 78.8 cm³/mol. The van der Waals surface area contributed by atoms with Crippen LogP contribution in [0.4, 0.5) is 0 Å². The molecule has 0 unspecified atom stereocenters. The quantitative estimate of drug-likeness (QED) is 0.842. The molecular weight excluding hydrogens is 250 g/mol. The molecule has 1 fully saturated rings. The number of fused-ring (bicyclic) bond motifs is 3. The summed E-state index contributed by atoms with van der Waals surface area (Å²) in [5.74, 6) is 1.46. The summed E-state index contributed by atoms with van der Waals surface area (Å²) in [6, 6.07) is 0. The smallest absolute Gasteiger partial charge is 0.276 e. The largest absolute Gasteiger partial charge is 0.350 e. The third-order valence-corrected chi connectivity index (χ3v) is 4.99. The first kappa shape index (κ1) is 12.2. The van der Waals surface area contributed by atoms with Crippen LogP contribution in [0.5, 0.6) is 0 Å². The van der Waals surface area contributed by atoms with Gasteiger partial charge in [-0.1, -0.05) is 6.92 Å². The lowest BCUT2D eigenvalue weighted by Gasteiger charge is -2.32. The molecule has 1 aliphatic carbocycles. The van der Waals surface area contributed by atoms with Gasteiger partial charge in [0.05, 0.1) is 11.6 Å². The zero-order valence-electron chi connectivity index (χ0n) is 12.0. The first-order valence-electron chi connectivity index (χ1n) is 7.80. The molecule has 0 aromatic carbocycles. The Bertz CT molecular complexity index is 706. The van der Waals surface area contributed by atoms with Crippen LogP contribution >= 0.6 is 0 Å². The Labute approximate surface area is 118 Å². The fourth-order valence-electron chi connectivity index (χ4n) is 3.89. The second-order valence-corrected chi connectivity index (χ2v) is 6.63. The van der Waals surface area contributed by atoms with E-state index in [-0.39, 0.29) is 5.56 Å². The van der Waals surface area contributed by atoms with Crippen LogP contribution in [0.1, 0.15) is 38.3 Å². The zero-order valence-corrected chi connectivity index (χ0v) is 12.0. The minimum absolute atomic E-state index is 0.101. The van der Waals surface area contributed by atoms with Crippen molar-refractivity contribution in [2.24, 2.45) is 11.8 Å². The molecule has 0 radical (unpaired) electrons. The standard InChI is InChI=1S/C16H21N3O/c1-11-6-12(7-11)9-19-16(20)14-10-18-5-3-2-4-15(18)13(14)8-17-19/h8,10-12H,2-7,9H2,1H3. The molecule has 0 atom stereocenters. The molecule has 106 valence electrons. The Morgan fingerprint density at radius 3 is 2.95 bits per heavy atom. The van der Waals surface area contributed by atoms with Crippen LogP contribution < -0.4 is 5.56 Å². The van der Waals surface area contributed by atoms with Crippen molar-refractivity contribution in [1.29, 1.82) is 0 Å². The molecule has 0 saturated heterocycles. The molecule has 4 nitrogen and oxygen atoms in total.